The van der Waals surface area contributed by atoms with E-state index in [0.29, 0.717) is 31.5 Å². The Morgan fingerprint density at radius 3 is 1.77 bits per heavy atom. The zero-order valence-electron chi connectivity index (χ0n) is 23.0. The van der Waals surface area contributed by atoms with E-state index in [1.165, 1.54) is 29.8 Å². The summed E-state index contributed by atoms with van der Waals surface area (Å²) in [5.74, 6) is -0.762. The molecular weight excluding hydrogens is 494 g/mol. The van der Waals surface area contributed by atoms with E-state index in [2.05, 4.69) is 31.4 Å². The highest BCUT2D eigenvalue weighted by molar-refractivity contribution is 5.94. The maximum absolute atomic E-state index is 13.4. The molecule has 0 bridgehead atoms. The molecule has 6 heteroatoms. The zero-order chi connectivity index (χ0) is 28.3. The molecule has 0 unspecified atom stereocenters. The van der Waals surface area contributed by atoms with Gasteiger partial charge in [-0.1, -0.05) is 75.7 Å². The SMILES string of the molecule is CC(C)(C)c1ccc(C(=O)NC/C=C/CNC(=O)CCCCC(c2ccc(F)cc2)c2ccc(F)cc2)cc1. The molecule has 2 N–H and O–H groups in total. The highest BCUT2D eigenvalue weighted by Crippen LogP contribution is 2.30. The van der Waals surface area contributed by atoms with E-state index in [-0.39, 0.29) is 34.8 Å². The van der Waals surface area contributed by atoms with E-state index in [1.54, 1.807) is 24.3 Å². The van der Waals surface area contributed by atoms with Crippen molar-refractivity contribution in [2.75, 3.05) is 13.1 Å². The van der Waals surface area contributed by atoms with Gasteiger partial charge in [0.25, 0.3) is 5.91 Å². The summed E-state index contributed by atoms with van der Waals surface area (Å²) in [5, 5.41) is 5.72. The van der Waals surface area contributed by atoms with Gasteiger partial charge >= 0.3 is 0 Å². The molecule has 0 radical (unpaired) electrons. The van der Waals surface area contributed by atoms with Gasteiger partial charge in [0.2, 0.25) is 5.91 Å². The predicted molar refractivity (Wildman–Crippen MR) is 153 cm³/mol. The van der Waals surface area contributed by atoms with Crippen LogP contribution in [0.25, 0.3) is 0 Å². The van der Waals surface area contributed by atoms with Gasteiger partial charge in [-0.2, -0.15) is 0 Å². The van der Waals surface area contributed by atoms with E-state index in [1.807, 2.05) is 36.4 Å². The van der Waals surface area contributed by atoms with Crippen molar-refractivity contribution in [3.8, 4) is 0 Å². The highest BCUT2D eigenvalue weighted by Gasteiger charge is 2.15. The smallest absolute Gasteiger partial charge is 0.251 e. The lowest BCUT2D eigenvalue weighted by Crippen LogP contribution is -2.25. The Morgan fingerprint density at radius 1 is 0.744 bits per heavy atom. The minimum absolute atomic E-state index is 0.00355. The number of benzene rings is 3. The lowest BCUT2D eigenvalue weighted by molar-refractivity contribution is -0.121. The van der Waals surface area contributed by atoms with E-state index in [0.717, 1.165) is 24.0 Å². The molecule has 0 aliphatic rings. The molecular formula is C33H38F2N2O2. The van der Waals surface area contributed by atoms with E-state index in [4.69, 9.17) is 0 Å². The first-order chi connectivity index (χ1) is 18.6. The van der Waals surface area contributed by atoms with Crippen molar-refractivity contribution in [2.24, 2.45) is 0 Å². The van der Waals surface area contributed by atoms with Gasteiger partial charge in [0, 0.05) is 31.0 Å². The second-order valence-corrected chi connectivity index (χ2v) is 10.7. The van der Waals surface area contributed by atoms with Crippen molar-refractivity contribution in [1.82, 2.24) is 10.6 Å². The van der Waals surface area contributed by atoms with Crippen LogP contribution in [0.5, 0.6) is 0 Å². The summed E-state index contributed by atoms with van der Waals surface area (Å²) in [7, 11) is 0. The first kappa shape index (κ1) is 29.8. The predicted octanol–water partition coefficient (Wildman–Crippen LogP) is 7.06. The van der Waals surface area contributed by atoms with Crippen LogP contribution < -0.4 is 10.6 Å². The van der Waals surface area contributed by atoms with Gasteiger partial charge in [-0.3, -0.25) is 9.59 Å². The Hall–Kier alpha value is -3.80. The summed E-state index contributed by atoms with van der Waals surface area (Å²) in [5.41, 5.74) is 3.76. The van der Waals surface area contributed by atoms with E-state index in [9.17, 15) is 18.4 Å². The van der Waals surface area contributed by atoms with Crippen molar-refractivity contribution in [3.63, 3.8) is 0 Å². The summed E-state index contributed by atoms with van der Waals surface area (Å²) < 4.78 is 26.8. The minimum atomic E-state index is -0.296. The third-order valence-electron chi connectivity index (χ3n) is 6.67. The van der Waals surface area contributed by atoms with Gasteiger partial charge in [-0.15, -0.1) is 0 Å². The molecule has 0 fully saturated rings. The molecule has 0 saturated carbocycles. The number of unbranched alkanes of at least 4 members (excludes halogenated alkanes) is 1. The normalized spacial score (nSPS) is 11.6. The third-order valence-corrected chi connectivity index (χ3v) is 6.67. The van der Waals surface area contributed by atoms with E-state index < -0.39 is 0 Å². The van der Waals surface area contributed by atoms with Crippen molar-refractivity contribution in [2.45, 2.75) is 57.8 Å². The van der Waals surface area contributed by atoms with Crippen molar-refractivity contribution >= 4 is 11.8 Å². The largest absolute Gasteiger partial charge is 0.353 e. The van der Waals surface area contributed by atoms with Crippen molar-refractivity contribution < 1.29 is 18.4 Å². The molecule has 0 aliphatic carbocycles. The van der Waals surface area contributed by atoms with Crippen LogP contribution in [-0.2, 0) is 10.2 Å². The lowest BCUT2D eigenvalue weighted by Gasteiger charge is -2.19. The van der Waals surface area contributed by atoms with Crippen LogP contribution in [0.4, 0.5) is 8.78 Å². The maximum Gasteiger partial charge on any atom is 0.251 e. The monoisotopic (exact) mass is 532 g/mol. The second kappa shape index (κ2) is 14.4. The molecule has 0 aromatic heterocycles. The Morgan fingerprint density at radius 2 is 1.26 bits per heavy atom. The van der Waals surface area contributed by atoms with Crippen LogP contribution in [0.15, 0.2) is 84.9 Å². The number of amides is 2. The van der Waals surface area contributed by atoms with Gasteiger partial charge in [-0.25, -0.2) is 8.78 Å². The number of carbonyl (C=O) groups excluding carboxylic acids is 2. The Balaban J connectivity index is 1.35. The van der Waals surface area contributed by atoms with Crippen molar-refractivity contribution in [1.29, 1.82) is 0 Å². The number of carbonyl (C=O) groups is 2. The van der Waals surface area contributed by atoms with Gasteiger partial charge in [0.15, 0.2) is 0 Å². The average Bonchev–Trinajstić information content (AvgIpc) is 2.91. The molecule has 2 amide bonds. The zero-order valence-corrected chi connectivity index (χ0v) is 23.0. The number of nitrogens with one attached hydrogen (secondary N) is 2. The summed E-state index contributed by atoms with van der Waals surface area (Å²) in [4.78, 5) is 24.5. The van der Waals surface area contributed by atoms with Crippen LogP contribution in [0.1, 0.15) is 79.4 Å². The molecule has 0 saturated heterocycles. The Labute approximate surface area is 230 Å². The Kier molecular flexibility index (Phi) is 11.0. The van der Waals surface area contributed by atoms with Gasteiger partial charge in [0.1, 0.15) is 11.6 Å². The highest BCUT2D eigenvalue weighted by atomic mass is 19.1. The summed E-state index contributed by atoms with van der Waals surface area (Å²) in [6.07, 6.45) is 6.30. The fraction of sp³-hybridized carbons (Fsp3) is 0.333. The standard InChI is InChI=1S/C33H38F2N2O2/c1-33(2,3)27-16-10-26(11-17-27)32(39)37-23-7-6-22-36-31(38)9-5-4-8-30(24-12-18-28(34)19-13-24)25-14-20-29(35)21-15-25/h6-7,10-21,30H,4-5,8-9,22-23H2,1-3H3,(H,36,38)(H,37,39)/b7-6+. The second-order valence-electron chi connectivity index (χ2n) is 10.7. The molecule has 39 heavy (non-hydrogen) atoms. The maximum atomic E-state index is 13.4. The topological polar surface area (TPSA) is 58.2 Å². The number of halogens is 2. The molecule has 0 atom stereocenters. The average molecular weight is 533 g/mol. The molecule has 0 spiro atoms. The number of rotatable bonds is 12. The fourth-order valence-corrected chi connectivity index (χ4v) is 4.35. The van der Waals surface area contributed by atoms with Crippen LogP contribution in [0.3, 0.4) is 0 Å². The number of hydrogen-bond donors (Lipinski definition) is 2. The van der Waals surface area contributed by atoms with Crippen LogP contribution >= 0.6 is 0 Å². The molecule has 206 valence electrons. The molecule has 3 aromatic carbocycles. The molecule has 0 aliphatic heterocycles. The summed E-state index contributed by atoms with van der Waals surface area (Å²) in [6.45, 7) is 7.17. The minimum Gasteiger partial charge on any atom is -0.353 e. The van der Waals surface area contributed by atoms with Crippen molar-refractivity contribution in [3.05, 3.63) is 119 Å². The van der Waals surface area contributed by atoms with Crippen LogP contribution in [-0.4, -0.2) is 24.9 Å². The first-order valence-corrected chi connectivity index (χ1v) is 13.4. The summed E-state index contributed by atoms with van der Waals surface area (Å²) in [6, 6.07) is 20.4. The number of hydrogen-bond acceptors (Lipinski definition) is 2. The molecule has 0 heterocycles. The lowest BCUT2D eigenvalue weighted by atomic mass is 9.87. The van der Waals surface area contributed by atoms with Gasteiger partial charge < -0.3 is 10.6 Å². The van der Waals surface area contributed by atoms with Gasteiger partial charge in [0.05, 0.1) is 0 Å². The third kappa shape index (κ3) is 9.78. The first-order valence-electron chi connectivity index (χ1n) is 13.4. The molecule has 4 nitrogen and oxygen atoms in total. The van der Waals surface area contributed by atoms with Crippen LogP contribution in [0.2, 0.25) is 0 Å². The van der Waals surface area contributed by atoms with Gasteiger partial charge in [-0.05, 0) is 71.3 Å². The molecule has 3 aromatic rings. The van der Waals surface area contributed by atoms with Crippen LogP contribution in [0, 0.1) is 11.6 Å². The molecule has 3 rings (SSSR count). The Bertz CT molecular complexity index is 1180. The summed E-state index contributed by atoms with van der Waals surface area (Å²) >= 11 is 0. The quantitative estimate of drug-likeness (QED) is 0.194. The van der Waals surface area contributed by atoms with E-state index >= 15 is 0 Å². The fourth-order valence-electron chi connectivity index (χ4n) is 4.35.